The van der Waals surface area contributed by atoms with Crippen LogP contribution in [0.1, 0.15) is 31.5 Å². The second-order valence-electron chi connectivity index (χ2n) is 4.21. The molecule has 0 saturated heterocycles. The van der Waals surface area contributed by atoms with Crippen molar-refractivity contribution in [3.8, 4) is 0 Å². The van der Waals surface area contributed by atoms with Gasteiger partial charge in [-0.3, -0.25) is 4.68 Å². The molecule has 1 aromatic rings. The Kier molecular flexibility index (Phi) is 4.56. The maximum absolute atomic E-state index is 12.6. The van der Waals surface area contributed by atoms with Crippen LogP contribution in [0, 0.1) is 5.92 Å². The zero-order valence-corrected chi connectivity index (χ0v) is 9.96. The highest BCUT2D eigenvalue weighted by molar-refractivity contribution is 5.20. The first kappa shape index (κ1) is 14.0. The second-order valence-corrected chi connectivity index (χ2v) is 4.21. The number of halogens is 3. The van der Waals surface area contributed by atoms with Crippen molar-refractivity contribution in [2.75, 3.05) is 6.61 Å². The van der Waals surface area contributed by atoms with E-state index in [1.54, 1.807) is 0 Å². The first-order valence-corrected chi connectivity index (χ1v) is 5.62. The molecule has 1 aromatic heterocycles. The summed E-state index contributed by atoms with van der Waals surface area (Å²) in [6.07, 6.45) is -2.21. The van der Waals surface area contributed by atoms with E-state index in [0.717, 1.165) is 6.42 Å². The third-order valence-corrected chi connectivity index (χ3v) is 2.68. The molecule has 1 N–H and O–H groups in total. The van der Waals surface area contributed by atoms with Crippen molar-refractivity contribution in [2.24, 2.45) is 5.92 Å². The Morgan fingerprint density at radius 3 is 2.59 bits per heavy atom. The fourth-order valence-corrected chi connectivity index (χ4v) is 1.55. The fourth-order valence-electron chi connectivity index (χ4n) is 1.55. The minimum Gasteiger partial charge on any atom is -0.396 e. The van der Waals surface area contributed by atoms with Gasteiger partial charge in [0.1, 0.15) is 0 Å². The normalized spacial score (nSPS) is 14.0. The molecular formula is C11H17F3N2O. The highest BCUT2D eigenvalue weighted by Gasteiger charge is 2.36. The summed E-state index contributed by atoms with van der Waals surface area (Å²) in [6, 6.07) is 0. The summed E-state index contributed by atoms with van der Waals surface area (Å²) < 4.78 is 39.3. The van der Waals surface area contributed by atoms with E-state index in [9.17, 15) is 13.2 Å². The minimum atomic E-state index is -4.45. The van der Waals surface area contributed by atoms with Crippen LogP contribution in [0.25, 0.3) is 0 Å². The predicted octanol–water partition coefficient (Wildman–Crippen LogP) is 2.48. The molecule has 3 nitrogen and oxygen atoms in total. The van der Waals surface area contributed by atoms with Crippen molar-refractivity contribution in [1.82, 2.24) is 9.78 Å². The van der Waals surface area contributed by atoms with Crippen LogP contribution in [0.4, 0.5) is 13.2 Å². The van der Waals surface area contributed by atoms with E-state index < -0.39 is 11.9 Å². The molecule has 6 heteroatoms. The number of rotatable bonds is 5. The zero-order chi connectivity index (χ0) is 13.1. The number of aliphatic hydroxyl groups excluding tert-OH is 1. The lowest BCUT2D eigenvalue weighted by Gasteiger charge is -2.08. The van der Waals surface area contributed by atoms with Crippen molar-refractivity contribution in [3.05, 3.63) is 17.5 Å². The monoisotopic (exact) mass is 250 g/mol. The van der Waals surface area contributed by atoms with Gasteiger partial charge in [0.25, 0.3) is 0 Å². The van der Waals surface area contributed by atoms with Crippen LogP contribution >= 0.6 is 0 Å². The van der Waals surface area contributed by atoms with E-state index in [-0.39, 0.29) is 24.5 Å². The lowest BCUT2D eigenvalue weighted by molar-refractivity contribution is -0.142. The van der Waals surface area contributed by atoms with E-state index in [4.69, 9.17) is 5.11 Å². The molecule has 0 aliphatic rings. The molecule has 98 valence electrons. The molecule has 0 saturated carbocycles. The number of aliphatic hydroxyl groups is 1. The Balaban J connectivity index is 2.95. The Morgan fingerprint density at radius 2 is 2.12 bits per heavy atom. The Labute approximate surface area is 98.2 Å². The number of hydrogen-bond acceptors (Lipinski definition) is 2. The topological polar surface area (TPSA) is 38.0 Å². The Hall–Kier alpha value is -1.04. The quantitative estimate of drug-likeness (QED) is 0.871. The van der Waals surface area contributed by atoms with Gasteiger partial charge in [0, 0.05) is 24.9 Å². The van der Waals surface area contributed by atoms with Crippen LogP contribution in [-0.4, -0.2) is 21.5 Å². The third kappa shape index (κ3) is 3.73. The van der Waals surface area contributed by atoms with Crippen molar-refractivity contribution in [2.45, 2.75) is 39.4 Å². The van der Waals surface area contributed by atoms with Gasteiger partial charge < -0.3 is 5.11 Å². The molecule has 1 rings (SSSR count). The molecule has 0 amide bonds. The standard InChI is InChI=1S/C11H17F3N2O/c1-3-8(2)6-16-7-9(4-5-17)10(15-16)11(12,13)14/h7-8,17H,3-6H2,1-2H3. The average molecular weight is 250 g/mol. The van der Waals surface area contributed by atoms with Crippen LogP contribution in [0.3, 0.4) is 0 Å². The number of hydrogen-bond donors (Lipinski definition) is 1. The lowest BCUT2D eigenvalue weighted by Crippen LogP contribution is -2.12. The van der Waals surface area contributed by atoms with Gasteiger partial charge in [-0.25, -0.2) is 0 Å². The summed E-state index contributed by atoms with van der Waals surface area (Å²) >= 11 is 0. The smallest absolute Gasteiger partial charge is 0.396 e. The van der Waals surface area contributed by atoms with Gasteiger partial charge in [-0.1, -0.05) is 20.3 Å². The van der Waals surface area contributed by atoms with Crippen molar-refractivity contribution in [3.63, 3.8) is 0 Å². The van der Waals surface area contributed by atoms with Crippen molar-refractivity contribution >= 4 is 0 Å². The predicted molar refractivity (Wildman–Crippen MR) is 57.5 cm³/mol. The summed E-state index contributed by atoms with van der Waals surface area (Å²) in [5, 5.41) is 12.3. The number of aromatic nitrogens is 2. The molecule has 0 spiro atoms. The molecular weight excluding hydrogens is 233 g/mol. The second kappa shape index (κ2) is 5.53. The van der Waals surface area contributed by atoms with Gasteiger partial charge >= 0.3 is 6.18 Å². The molecule has 0 bridgehead atoms. The van der Waals surface area contributed by atoms with E-state index in [2.05, 4.69) is 5.10 Å². The number of nitrogens with zero attached hydrogens (tertiary/aromatic N) is 2. The first-order chi connectivity index (χ1) is 7.88. The van der Waals surface area contributed by atoms with E-state index in [1.165, 1.54) is 10.9 Å². The van der Waals surface area contributed by atoms with Crippen molar-refractivity contribution < 1.29 is 18.3 Å². The van der Waals surface area contributed by atoms with Crippen LogP contribution in [0.2, 0.25) is 0 Å². The molecule has 1 heterocycles. The maximum Gasteiger partial charge on any atom is 0.435 e. The van der Waals surface area contributed by atoms with Gasteiger partial charge in [-0.05, 0) is 12.3 Å². The lowest BCUT2D eigenvalue weighted by atomic mass is 10.1. The average Bonchev–Trinajstić information content (AvgIpc) is 2.61. The third-order valence-electron chi connectivity index (χ3n) is 2.68. The fraction of sp³-hybridized carbons (Fsp3) is 0.727. The van der Waals surface area contributed by atoms with Crippen LogP contribution in [-0.2, 0) is 19.1 Å². The SMILES string of the molecule is CCC(C)Cn1cc(CCO)c(C(F)(F)F)n1. The molecule has 17 heavy (non-hydrogen) atoms. The van der Waals surface area contributed by atoms with Gasteiger partial charge in [0.15, 0.2) is 5.69 Å². The van der Waals surface area contributed by atoms with Crippen molar-refractivity contribution in [1.29, 1.82) is 0 Å². The van der Waals surface area contributed by atoms with Gasteiger partial charge in [0.2, 0.25) is 0 Å². The highest BCUT2D eigenvalue weighted by atomic mass is 19.4. The van der Waals surface area contributed by atoms with Crippen LogP contribution < -0.4 is 0 Å². The van der Waals surface area contributed by atoms with E-state index in [1.807, 2.05) is 13.8 Å². The number of alkyl halides is 3. The molecule has 0 radical (unpaired) electrons. The summed E-state index contributed by atoms with van der Waals surface area (Å²) in [5.74, 6) is 0.276. The Morgan fingerprint density at radius 1 is 1.47 bits per heavy atom. The first-order valence-electron chi connectivity index (χ1n) is 5.62. The molecule has 1 unspecified atom stereocenters. The van der Waals surface area contributed by atoms with Gasteiger partial charge in [-0.2, -0.15) is 18.3 Å². The molecule has 0 fully saturated rings. The summed E-state index contributed by atoms with van der Waals surface area (Å²) in [5.41, 5.74) is -0.821. The van der Waals surface area contributed by atoms with Crippen LogP contribution in [0.5, 0.6) is 0 Å². The molecule has 1 atom stereocenters. The minimum absolute atomic E-state index is 0.0185. The van der Waals surface area contributed by atoms with E-state index >= 15 is 0 Å². The summed E-state index contributed by atoms with van der Waals surface area (Å²) in [6.45, 7) is 4.09. The van der Waals surface area contributed by atoms with Crippen LogP contribution in [0.15, 0.2) is 6.20 Å². The highest BCUT2D eigenvalue weighted by Crippen LogP contribution is 2.31. The maximum atomic E-state index is 12.6. The molecule has 0 aliphatic heterocycles. The van der Waals surface area contributed by atoms with Gasteiger partial charge in [0.05, 0.1) is 0 Å². The van der Waals surface area contributed by atoms with Gasteiger partial charge in [-0.15, -0.1) is 0 Å². The van der Waals surface area contributed by atoms with E-state index in [0.29, 0.717) is 6.54 Å². The summed E-state index contributed by atoms with van der Waals surface area (Å²) in [4.78, 5) is 0. The Bertz CT molecular complexity index is 360. The zero-order valence-electron chi connectivity index (χ0n) is 9.96. The largest absolute Gasteiger partial charge is 0.435 e. The summed E-state index contributed by atoms with van der Waals surface area (Å²) in [7, 11) is 0. The molecule has 0 aliphatic carbocycles. The molecule has 0 aromatic carbocycles.